The summed E-state index contributed by atoms with van der Waals surface area (Å²) in [6, 6.07) is 2.25. The molecule has 1 atom stereocenters. The first-order valence-corrected chi connectivity index (χ1v) is 9.94. The van der Waals surface area contributed by atoms with Crippen molar-refractivity contribution in [2.24, 2.45) is 5.92 Å². The Bertz CT molecular complexity index is 748. The van der Waals surface area contributed by atoms with Gasteiger partial charge in [-0.15, -0.1) is 0 Å². The van der Waals surface area contributed by atoms with Crippen molar-refractivity contribution < 1.29 is 27.5 Å². The fraction of sp³-hybridized carbons (Fsp3) is 0.650. The van der Waals surface area contributed by atoms with Gasteiger partial charge < -0.3 is 15.0 Å². The predicted molar refractivity (Wildman–Crippen MR) is 100 cm³/mol. The minimum atomic E-state index is -4.52. The second kappa shape index (κ2) is 8.59. The van der Waals surface area contributed by atoms with Crippen LogP contribution in [0.5, 0.6) is 0 Å². The minimum absolute atomic E-state index is 0.128. The zero-order chi connectivity index (χ0) is 21.1. The van der Waals surface area contributed by atoms with E-state index in [9.17, 15) is 22.8 Å². The number of anilines is 1. The van der Waals surface area contributed by atoms with Gasteiger partial charge in [-0.3, -0.25) is 4.79 Å². The smallest absolute Gasteiger partial charge is 0.419 e. The maximum atomic E-state index is 13.3. The largest absolute Gasteiger partial charge is 0.467 e. The maximum Gasteiger partial charge on any atom is 0.419 e. The first kappa shape index (κ1) is 21.4. The average Bonchev–Trinajstić information content (AvgIpc) is 2.73. The third-order valence-corrected chi connectivity index (χ3v) is 5.83. The van der Waals surface area contributed by atoms with E-state index in [1.165, 1.54) is 24.3 Å². The molecule has 1 N–H and O–H groups in total. The number of aromatic nitrogens is 1. The molecule has 0 spiro atoms. The SMILES string of the molecule is COC(=O)C1(NC(=O)C2CCCN(c3ncccc3C(F)(F)F)C2)CCCCC1. The van der Waals surface area contributed by atoms with Crippen molar-refractivity contribution in [3.63, 3.8) is 0 Å². The van der Waals surface area contributed by atoms with Crippen molar-refractivity contribution in [3.05, 3.63) is 23.9 Å². The van der Waals surface area contributed by atoms with Crippen LogP contribution in [0.3, 0.4) is 0 Å². The van der Waals surface area contributed by atoms with E-state index in [0.29, 0.717) is 32.2 Å². The van der Waals surface area contributed by atoms with E-state index < -0.39 is 29.2 Å². The number of ether oxygens (including phenoxy) is 1. The summed E-state index contributed by atoms with van der Waals surface area (Å²) < 4.78 is 45.0. The Hall–Kier alpha value is -2.32. The van der Waals surface area contributed by atoms with Crippen LogP contribution in [0.25, 0.3) is 0 Å². The van der Waals surface area contributed by atoms with Crippen LogP contribution < -0.4 is 10.2 Å². The zero-order valence-corrected chi connectivity index (χ0v) is 16.4. The van der Waals surface area contributed by atoms with Crippen molar-refractivity contribution in [2.75, 3.05) is 25.1 Å². The van der Waals surface area contributed by atoms with E-state index in [1.807, 2.05) is 0 Å². The Kier molecular flexibility index (Phi) is 6.33. The summed E-state index contributed by atoms with van der Waals surface area (Å²) in [7, 11) is 1.30. The molecule has 6 nitrogen and oxygen atoms in total. The highest BCUT2D eigenvalue weighted by molar-refractivity contribution is 5.89. The monoisotopic (exact) mass is 413 g/mol. The number of nitrogens with one attached hydrogen (secondary N) is 1. The van der Waals surface area contributed by atoms with Gasteiger partial charge in [-0.2, -0.15) is 13.2 Å². The molecule has 1 aliphatic heterocycles. The Morgan fingerprint density at radius 3 is 2.62 bits per heavy atom. The number of pyridine rings is 1. The van der Waals surface area contributed by atoms with Gasteiger partial charge in [-0.1, -0.05) is 19.3 Å². The van der Waals surface area contributed by atoms with Crippen molar-refractivity contribution in [1.29, 1.82) is 0 Å². The Morgan fingerprint density at radius 2 is 1.97 bits per heavy atom. The third-order valence-electron chi connectivity index (χ3n) is 5.83. The molecule has 1 amide bonds. The number of alkyl halides is 3. The van der Waals surface area contributed by atoms with E-state index >= 15 is 0 Å². The number of carbonyl (C=O) groups is 2. The lowest BCUT2D eigenvalue weighted by Crippen LogP contribution is -2.58. The number of amides is 1. The number of esters is 1. The standard InChI is InChI=1S/C20H26F3N3O3/c1-29-18(28)19(9-3-2-4-10-19)25-17(27)14-7-6-12-26(13-14)16-15(20(21,22)23)8-5-11-24-16/h5,8,11,14H,2-4,6-7,9-10,12-13H2,1H3,(H,25,27). The van der Waals surface area contributed by atoms with Crippen LogP contribution in [0.1, 0.15) is 50.5 Å². The van der Waals surface area contributed by atoms with Crippen LogP contribution in [0.2, 0.25) is 0 Å². The molecule has 1 unspecified atom stereocenters. The van der Waals surface area contributed by atoms with Crippen LogP contribution in [-0.4, -0.2) is 42.6 Å². The van der Waals surface area contributed by atoms with E-state index in [2.05, 4.69) is 10.3 Å². The number of halogens is 3. The van der Waals surface area contributed by atoms with Gasteiger partial charge in [0.05, 0.1) is 18.6 Å². The van der Waals surface area contributed by atoms with Crippen molar-refractivity contribution >= 4 is 17.7 Å². The molecule has 2 aliphatic rings. The molecule has 0 radical (unpaired) electrons. The third kappa shape index (κ3) is 4.64. The Morgan fingerprint density at radius 1 is 1.24 bits per heavy atom. The van der Waals surface area contributed by atoms with Crippen LogP contribution in [-0.2, 0) is 20.5 Å². The molecule has 9 heteroatoms. The number of rotatable bonds is 4. The Labute approximate surface area is 167 Å². The van der Waals surface area contributed by atoms with Crippen LogP contribution in [0.15, 0.2) is 18.3 Å². The molecule has 0 aromatic carbocycles. The van der Waals surface area contributed by atoms with E-state index in [4.69, 9.17) is 4.74 Å². The summed E-state index contributed by atoms with van der Waals surface area (Å²) in [4.78, 5) is 30.8. The minimum Gasteiger partial charge on any atom is -0.467 e. The molecule has 160 valence electrons. The van der Waals surface area contributed by atoms with E-state index in [1.54, 1.807) is 0 Å². The summed E-state index contributed by atoms with van der Waals surface area (Å²) in [5.74, 6) is -1.44. The highest BCUT2D eigenvalue weighted by atomic mass is 19.4. The number of nitrogens with zero attached hydrogens (tertiary/aromatic N) is 2. The van der Waals surface area contributed by atoms with Crippen LogP contribution >= 0.6 is 0 Å². The first-order chi connectivity index (χ1) is 13.8. The lowest BCUT2D eigenvalue weighted by Gasteiger charge is -2.38. The lowest BCUT2D eigenvalue weighted by atomic mass is 9.81. The van der Waals surface area contributed by atoms with Gasteiger partial charge in [0.1, 0.15) is 11.4 Å². The van der Waals surface area contributed by atoms with Crippen LogP contribution in [0, 0.1) is 5.92 Å². The van der Waals surface area contributed by atoms with Gasteiger partial charge in [-0.25, -0.2) is 9.78 Å². The predicted octanol–water partition coefficient (Wildman–Crippen LogP) is 3.31. The fourth-order valence-corrected chi connectivity index (χ4v) is 4.32. The summed E-state index contributed by atoms with van der Waals surface area (Å²) in [5.41, 5.74) is -1.84. The van der Waals surface area contributed by atoms with Gasteiger partial charge in [0.25, 0.3) is 0 Å². The molecule has 3 rings (SSSR count). The highest BCUT2D eigenvalue weighted by Crippen LogP contribution is 2.37. The normalized spacial score (nSPS) is 22.1. The fourth-order valence-electron chi connectivity index (χ4n) is 4.32. The lowest BCUT2D eigenvalue weighted by molar-refractivity contribution is -0.153. The van der Waals surface area contributed by atoms with Gasteiger partial charge in [0.15, 0.2) is 0 Å². The van der Waals surface area contributed by atoms with Crippen molar-refractivity contribution in [1.82, 2.24) is 10.3 Å². The number of methoxy groups -OCH3 is 1. The number of hydrogen-bond donors (Lipinski definition) is 1. The molecule has 1 aromatic heterocycles. The van der Waals surface area contributed by atoms with Gasteiger partial charge >= 0.3 is 12.1 Å². The second-order valence-electron chi connectivity index (χ2n) is 7.78. The van der Waals surface area contributed by atoms with Crippen molar-refractivity contribution in [2.45, 2.75) is 56.7 Å². The average molecular weight is 413 g/mol. The van der Waals surface area contributed by atoms with Gasteiger partial charge in [0.2, 0.25) is 5.91 Å². The first-order valence-electron chi connectivity index (χ1n) is 9.94. The molecule has 2 heterocycles. The van der Waals surface area contributed by atoms with E-state index in [0.717, 1.165) is 25.3 Å². The van der Waals surface area contributed by atoms with Crippen LogP contribution in [0.4, 0.5) is 19.0 Å². The molecule has 1 saturated heterocycles. The molecule has 1 saturated carbocycles. The summed E-state index contributed by atoms with van der Waals surface area (Å²) in [6.07, 6.45) is 1.57. The quantitative estimate of drug-likeness (QED) is 0.767. The van der Waals surface area contributed by atoms with E-state index in [-0.39, 0.29) is 18.3 Å². The summed E-state index contributed by atoms with van der Waals surface area (Å²) in [5, 5.41) is 2.89. The van der Waals surface area contributed by atoms with Gasteiger partial charge in [-0.05, 0) is 37.8 Å². The molecular formula is C20H26F3N3O3. The molecule has 1 aromatic rings. The molecular weight excluding hydrogens is 387 g/mol. The molecule has 29 heavy (non-hydrogen) atoms. The second-order valence-corrected chi connectivity index (χ2v) is 7.78. The topological polar surface area (TPSA) is 71.5 Å². The molecule has 1 aliphatic carbocycles. The summed E-state index contributed by atoms with van der Waals surface area (Å²) in [6.45, 7) is 0.523. The molecule has 2 fully saturated rings. The zero-order valence-electron chi connectivity index (χ0n) is 16.4. The summed E-state index contributed by atoms with van der Waals surface area (Å²) >= 11 is 0. The number of piperidine rings is 1. The maximum absolute atomic E-state index is 13.3. The number of carbonyl (C=O) groups excluding carboxylic acids is 2. The van der Waals surface area contributed by atoms with Gasteiger partial charge in [0, 0.05) is 19.3 Å². The highest BCUT2D eigenvalue weighted by Gasteiger charge is 2.44. The van der Waals surface area contributed by atoms with Crippen molar-refractivity contribution in [3.8, 4) is 0 Å². The molecule has 0 bridgehead atoms. The number of hydrogen-bond acceptors (Lipinski definition) is 5. The Balaban J connectivity index is 1.76.